The Morgan fingerprint density at radius 2 is 1.35 bits per heavy atom. The van der Waals surface area contributed by atoms with Crippen LogP contribution in [-0.2, 0) is 29.2 Å². The Morgan fingerprint density at radius 3 is 1.92 bits per heavy atom. The molecule has 2 aliphatic heterocycles. The van der Waals surface area contributed by atoms with Gasteiger partial charge in [0.25, 0.3) is 0 Å². The molecule has 10 heteroatoms. The summed E-state index contributed by atoms with van der Waals surface area (Å²) >= 11 is 0. The van der Waals surface area contributed by atoms with Gasteiger partial charge in [-0.15, -0.1) is 0 Å². The minimum Gasteiger partial charge on any atom is -0.463 e. The minimum atomic E-state index is -3.10. The fraction of sp³-hybridized carbons (Fsp3) is 0.385. The third-order valence-electron chi connectivity index (χ3n) is 9.30. The number of para-hydroxylation sites is 1. The molecule has 260 valence electrons. The van der Waals surface area contributed by atoms with Crippen molar-refractivity contribution in [2.45, 2.75) is 51.6 Å². The number of ether oxygens (including phenoxy) is 4. The second kappa shape index (κ2) is 16.7. The molecule has 5 rings (SSSR count). The van der Waals surface area contributed by atoms with Crippen LogP contribution in [0.2, 0.25) is 0 Å². The second-order valence-electron chi connectivity index (χ2n) is 12.2. The average Bonchev–Trinajstić information content (AvgIpc) is 3.10. The van der Waals surface area contributed by atoms with E-state index in [4.69, 9.17) is 18.9 Å². The van der Waals surface area contributed by atoms with Crippen LogP contribution in [-0.4, -0.2) is 69.5 Å². The number of hydrogen-bond acceptors (Lipinski definition) is 8. The topological polar surface area (TPSA) is 86.3 Å². The molecule has 2 aliphatic rings. The van der Waals surface area contributed by atoms with Crippen LogP contribution in [0.15, 0.2) is 107 Å². The second-order valence-corrected chi connectivity index (χ2v) is 12.2. The summed E-state index contributed by atoms with van der Waals surface area (Å²) in [7, 11) is 0. The van der Waals surface area contributed by atoms with E-state index in [-0.39, 0.29) is 47.7 Å². The summed E-state index contributed by atoms with van der Waals surface area (Å²) in [6.45, 7) is 5.22. The van der Waals surface area contributed by atoms with Crippen LogP contribution in [0.1, 0.15) is 56.2 Å². The maximum Gasteiger partial charge on any atom is 0.387 e. The van der Waals surface area contributed by atoms with Crippen molar-refractivity contribution in [3.05, 3.63) is 124 Å². The smallest absolute Gasteiger partial charge is 0.387 e. The number of piperidine rings is 1. The first-order valence-corrected chi connectivity index (χ1v) is 16.7. The number of rotatable bonds is 14. The van der Waals surface area contributed by atoms with E-state index in [1.165, 1.54) is 17.2 Å². The van der Waals surface area contributed by atoms with Gasteiger partial charge in [0.05, 0.1) is 36.9 Å². The summed E-state index contributed by atoms with van der Waals surface area (Å²) in [6, 6.07) is 27.5. The Hall–Kier alpha value is -4.54. The van der Waals surface area contributed by atoms with E-state index in [1.807, 2.05) is 0 Å². The molecule has 8 nitrogen and oxygen atoms in total. The third kappa shape index (κ3) is 8.37. The number of esters is 2. The molecule has 0 spiro atoms. The van der Waals surface area contributed by atoms with E-state index >= 15 is 0 Å². The number of hydrogen-bond donors (Lipinski definition) is 1. The highest BCUT2D eigenvalue weighted by Gasteiger charge is 2.40. The van der Waals surface area contributed by atoms with Crippen molar-refractivity contribution in [1.82, 2.24) is 10.2 Å². The van der Waals surface area contributed by atoms with Crippen molar-refractivity contribution < 1.29 is 37.3 Å². The molecular formula is C39H44F2N2O6. The van der Waals surface area contributed by atoms with Crippen molar-refractivity contribution in [2.75, 3.05) is 46.1 Å². The number of carbonyl (C=O) groups excluding carboxylic acids is 2. The first-order valence-electron chi connectivity index (χ1n) is 16.7. The Labute approximate surface area is 286 Å². The highest BCUT2D eigenvalue weighted by atomic mass is 19.3. The molecule has 1 fully saturated rings. The lowest BCUT2D eigenvalue weighted by molar-refractivity contribution is -0.141. The molecule has 0 aliphatic carbocycles. The molecule has 0 amide bonds. The third-order valence-corrected chi connectivity index (χ3v) is 9.30. The summed E-state index contributed by atoms with van der Waals surface area (Å²) in [4.78, 5) is 29.1. The summed E-state index contributed by atoms with van der Waals surface area (Å²) in [6.07, 6.45) is 1.99. The molecule has 0 radical (unpaired) electrons. The van der Waals surface area contributed by atoms with Crippen LogP contribution in [0.25, 0.3) is 0 Å². The zero-order chi connectivity index (χ0) is 34.8. The summed E-state index contributed by atoms with van der Waals surface area (Å²) < 4.78 is 48.3. The number of likely N-dealkylation sites (tertiary alicyclic amines) is 1. The maximum absolute atomic E-state index is 13.6. The van der Waals surface area contributed by atoms with Crippen molar-refractivity contribution in [1.29, 1.82) is 0 Å². The Kier molecular flexibility index (Phi) is 12.2. The number of alkyl halides is 2. The Bertz CT molecular complexity index is 1590. The van der Waals surface area contributed by atoms with Crippen LogP contribution >= 0.6 is 0 Å². The van der Waals surface area contributed by atoms with Crippen LogP contribution in [0, 0.1) is 0 Å². The van der Waals surface area contributed by atoms with Crippen molar-refractivity contribution in [3.63, 3.8) is 0 Å². The monoisotopic (exact) mass is 674 g/mol. The summed E-state index contributed by atoms with van der Waals surface area (Å²) in [5.41, 5.74) is 3.96. The number of halogens is 2. The van der Waals surface area contributed by atoms with Gasteiger partial charge in [-0.05, 0) is 63.9 Å². The predicted octanol–water partition coefficient (Wildman–Crippen LogP) is 6.73. The maximum atomic E-state index is 13.6. The van der Waals surface area contributed by atoms with Gasteiger partial charge in [0.15, 0.2) is 0 Å². The van der Waals surface area contributed by atoms with Crippen molar-refractivity contribution in [2.24, 2.45) is 0 Å². The Morgan fingerprint density at radius 1 is 0.796 bits per heavy atom. The quantitative estimate of drug-likeness (QED) is 0.149. The van der Waals surface area contributed by atoms with Gasteiger partial charge >= 0.3 is 18.6 Å². The molecule has 1 atom stereocenters. The van der Waals surface area contributed by atoms with Crippen LogP contribution in [0.3, 0.4) is 0 Å². The van der Waals surface area contributed by atoms with E-state index in [0.717, 1.165) is 32.5 Å². The van der Waals surface area contributed by atoms with Crippen LogP contribution in [0.5, 0.6) is 5.75 Å². The van der Waals surface area contributed by atoms with Gasteiger partial charge in [0, 0.05) is 28.9 Å². The van der Waals surface area contributed by atoms with E-state index in [9.17, 15) is 18.4 Å². The largest absolute Gasteiger partial charge is 0.463 e. The molecular weight excluding hydrogens is 630 g/mol. The lowest BCUT2D eigenvalue weighted by Crippen LogP contribution is -2.44. The van der Waals surface area contributed by atoms with Gasteiger partial charge in [0.2, 0.25) is 0 Å². The van der Waals surface area contributed by atoms with E-state index in [2.05, 4.69) is 70.9 Å². The van der Waals surface area contributed by atoms with Crippen LogP contribution in [0.4, 0.5) is 8.78 Å². The fourth-order valence-electron chi connectivity index (χ4n) is 6.96. The van der Waals surface area contributed by atoms with Gasteiger partial charge in [-0.2, -0.15) is 8.78 Å². The molecule has 0 bridgehead atoms. The SMILES string of the molecule is CCOC(=O)C1=C(C)NC(C)=C(C(=O)OCCOCCN2CCC(c3ccccc3)(c3ccccc3)CC2)C1c1ccccc1OC(F)F. The molecule has 1 saturated heterocycles. The summed E-state index contributed by atoms with van der Waals surface area (Å²) in [5, 5.41) is 3.07. The van der Waals surface area contributed by atoms with E-state index in [0.29, 0.717) is 18.0 Å². The average molecular weight is 675 g/mol. The zero-order valence-corrected chi connectivity index (χ0v) is 28.3. The molecule has 0 saturated carbocycles. The normalized spacial score (nSPS) is 17.9. The van der Waals surface area contributed by atoms with Gasteiger partial charge in [-0.25, -0.2) is 9.59 Å². The highest BCUT2D eigenvalue weighted by Crippen LogP contribution is 2.44. The molecule has 2 heterocycles. The van der Waals surface area contributed by atoms with E-state index in [1.54, 1.807) is 39.0 Å². The van der Waals surface area contributed by atoms with Crippen LogP contribution < -0.4 is 10.1 Å². The number of nitrogens with one attached hydrogen (secondary N) is 1. The molecule has 3 aromatic rings. The highest BCUT2D eigenvalue weighted by molar-refractivity contribution is 6.00. The lowest BCUT2D eigenvalue weighted by Gasteiger charge is -2.43. The molecule has 49 heavy (non-hydrogen) atoms. The number of allylic oxidation sites excluding steroid dienone is 2. The first-order chi connectivity index (χ1) is 23.7. The van der Waals surface area contributed by atoms with Gasteiger partial charge in [-0.1, -0.05) is 78.9 Å². The van der Waals surface area contributed by atoms with Gasteiger partial charge in [-0.3, -0.25) is 0 Å². The number of benzene rings is 3. The first kappa shape index (κ1) is 35.8. The zero-order valence-electron chi connectivity index (χ0n) is 28.3. The van der Waals surface area contributed by atoms with Crippen molar-refractivity contribution >= 4 is 11.9 Å². The number of carbonyl (C=O) groups is 2. The van der Waals surface area contributed by atoms with E-state index < -0.39 is 24.5 Å². The van der Waals surface area contributed by atoms with Crippen molar-refractivity contribution in [3.8, 4) is 5.75 Å². The minimum absolute atomic E-state index is 0.0277. The molecule has 1 N–H and O–H groups in total. The molecule has 1 unspecified atom stereocenters. The molecule has 0 aromatic heterocycles. The number of nitrogens with zero attached hydrogens (tertiary/aromatic N) is 1. The standard InChI is InChI=1S/C39H44F2N2O6/c1-4-47-36(44)33-27(2)42-28(3)34(35(33)31-17-11-12-18-32(31)49-38(40)41)37(45)48-26-25-46-24-23-43-21-19-39(20-22-43,29-13-7-5-8-14-29)30-15-9-6-10-16-30/h5-18,35,38,42H,4,19-26H2,1-3H3. The fourth-order valence-corrected chi connectivity index (χ4v) is 6.96. The Balaban J connectivity index is 1.18. The van der Waals surface area contributed by atoms with Gasteiger partial charge < -0.3 is 29.2 Å². The van der Waals surface area contributed by atoms with Gasteiger partial charge in [0.1, 0.15) is 12.4 Å². The summed E-state index contributed by atoms with van der Waals surface area (Å²) in [5.74, 6) is -2.58. The predicted molar refractivity (Wildman–Crippen MR) is 182 cm³/mol. The molecule has 3 aromatic carbocycles. The lowest BCUT2D eigenvalue weighted by atomic mass is 9.68. The number of dihydropyridines is 1.